The Hall–Kier alpha value is -2.95. The van der Waals surface area contributed by atoms with Gasteiger partial charge in [0.2, 0.25) is 0 Å². The molecule has 41 heavy (non-hydrogen) atoms. The molecule has 5 rings (SSSR count). The number of fused-ring (bicyclic) bond motifs is 3. The van der Waals surface area contributed by atoms with Gasteiger partial charge in [0, 0.05) is 36.8 Å². The zero-order chi connectivity index (χ0) is 29.7. The van der Waals surface area contributed by atoms with Crippen molar-refractivity contribution < 1.29 is 28.1 Å². The van der Waals surface area contributed by atoms with E-state index >= 15 is 4.39 Å². The Morgan fingerprint density at radius 3 is 2.49 bits per heavy atom. The third-order valence-corrected chi connectivity index (χ3v) is 8.55. The number of halogens is 3. The summed E-state index contributed by atoms with van der Waals surface area (Å²) in [7, 11) is 1.60. The lowest BCUT2D eigenvalue weighted by atomic mass is 9.90. The van der Waals surface area contributed by atoms with Gasteiger partial charge in [-0.3, -0.25) is 0 Å². The van der Waals surface area contributed by atoms with Gasteiger partial charge in [-0.1, -0.05) is 12.1 Å². The van der Waals surface area contributed by atoms with Crippen LogP contribution >= 0.6 is 0 Å². The zero-order valence-electron chi connectivity index (χ0n) is 24.3. The Kier molecular flexibility index (Phi) is 7.72. The number of aromatic nitrogens is 2. The third-order valence-electron chi connectivity index (χ3n) is 8.55. The second-order valence-electron chi connectivity index (χ2n) is 12.1. The average Bonchev–Trinajstić information content (AvgIpc) is 3.39. The summed E-state index contributed by atoms with van der Waals surface area (Å²) in [6.07, 6.45) is 4.01. The van der Waals surface area contributed by atoms with Crippen molar-refractivity contribution in [2.75, 3.05) is 37.0 Å². The van der Waals surface area contributed by atoms with Crippen molar-refractivity contribution in [2.45, 2.75) is 83.0 Å². The van der Waals surface area contributed by atoms with Gasteiger partial charge >= 0.3 is 5.92 Å². The van der Waals surface area contributed by atoms with Gasteiger partial charge in [-0.15, -0.1) is 0 Å². The van der Waals surface area contributed by atoms with Gasteiger partial charge in [0.15, 0.2) is 0 Å². The first kappa shape index (κ1) is 29.5. The van der Waals surface area contributed by atoms with Crippen LogP contribution in [0, 0.1) is 12.7 Å². The molecule has 1 aliphatic carbocycles. The van der Waals surface area contributed by atoms with E-state index in [2.05, 4.69) is 21.3 Å². The molecule has 7 nitrogen and oxygen atoms in total. The SMILES string of the molecule is COCC1(O)CCN(c2cc3c(NC(C)c4cccc(C(F)(F)C(C)(C)O)c4F)nc(C)nc3c3c2CCC3)CC1. The highest BCUT2D eigenvalue weighted by Crippen LogP contribution is 2.43. The summed E-state index contributed by atoms with van der Waals surface area (Å²) >= 11 is 0. The summed E-state index contributed by atoms with van der Waals surface area (Å²) in [4.78, 5) is 11.7. The average molecular weight is 573 g/mol. The lowest BCUT2D eigenvalue weighted by Gasteiger charge is -2.39. The van der Waals surface area contributed by atoms with Crippen molar-refractivity contribution in [3.63, 3.8) is 0 Å². The lowest BCUT2D eigenvalue weighted by Crippen LogP contribution is -2.47. The van der Waals surface area contributed by atoms with Gasteiger partial charge in [0.1, 0.15) is 23.1 Å². The molecule has 0 spiro atoms. The predicted molar refractivity (Wildman–Crippen MR) is 153 cm³/mol. The number of alkyl halides is 2. The van der Waals surface area contributed by atoms with Crippen molar-refractivity contribution >= 4 is 22.4 Å². The minimum Gasteiger partial charge on any atom is -0.387 e. The number of methoxy groups -OCH3 is 1. The number of hydrogen-bond acceptors (Lipinski definition) is 7. The fourth-order valence-corrected chi connectivity index (χ4v) is 6.17. The molecule has 3 aromatic rings. The summed E-state index contributed by atoms with van der Waals surface area (Å²) in [6.45, 7) is 7.09. The molecule has 0 bridgehead atoms. The zero-order valence-corrected chi connectivity index (χ0v) is 24.3. The van der Waals surface area contributed by atoms with Gasteiger partial charge in [0.05, 0.1) is 29.3 Å². The Bertz CT molecular complexity index is 1450. The van der Waals surface area contributed by atoms with Crippen LogP contribution in [-0.4, -0.2) is 58.2 Å². The largest absolute Gasteiger partial charge is 0.387 e. The molecule has 1 saturated heterocycles. The van der Waals surface area contributed by atoms with E-state index in [4.69, 9.17) is 9.72 Å². The summed E-state index contributed by atoms with van der Waals surface area (Å²) < 4.78 is 50.7. The maximum Gasteiger partial charge on any atom is 0.303 e. The highest BCUT2D eigenvalue weighted by Gasteiger charge is 2.49. The molecule has 222 valence electrons. The molecule has 3 N–H and O–H groups in total. The summed E-state index contributed by atoms with van der Waals surface area (Å²) in [5.74, 6) is -3.79. The fourth-order valence-electron chi connectivity index (χ4n) is 6.17. The van der Waals surface area contributed by atoms with E-state index < -0.39 is 34.5 Å². The van der Waals surface area contributed by atoms with Crippen LogP contribution in [0.5, 0.6) is 0 Å². The van der Waals surface area contributed by atoms with Crippen LogP contribution in [0.3, 0.4) is 0 Å². The van der Waals surface area contributed by atoms with E-state index in [0.717, 1.165) is 55.8 Å². The molecule has 1 aliphatic heterocycles. The van der Waals surface area contributed by atoms with Crippen LogP contribution in [0.15, 0.2) is 24.3 Å². The molecule has 2 aromatic carbocycles. The third kappa shape index (κ3) is 5.37. The first-order valence-corrected chi connectivity index (χ1v) is 14.2. The Morgan fingerprint density at radius 1 is 1.15 bits per heavy atom. The second kappa shape index (κ2) is 10.7. The maximum absolute atomic E-state index is 15.5. The van der Waals surface area contributed by atoms with E-state index in [0.29, 0.717) is 44.2 Å². The molecule has 1 aromatic heterocycles. The summed E-state index contributed by atoms with van der Waals surface area (Å²) in [6, 6.07) is 5.21. The van der Waals surface area contributed by atoms with Gasteiger partial charge in [-0.05, 0) is 83.1 Å². The van der Waals surface area contributed by atoms with Crippen LogP contribution in [0.25, 0.3) is 10.9 Å². The van der Waals surface area contributed by atoms with Crippen LogP contribution in [-0.2, 0) is 23.5 Å². The Morgan fingerprint density at radius 2 is 1.83 bits per heavy atom. The molecule has 0 radical (unpaired) electrons. The number of benzene rings is 2. The highest BCUT2D eigenvalue weighted by molar-refractivity contribution is 5.96. The van der Waals surface area contributed by atoms with E-state index in [1.807, 2.05) is 0 Å². The Balaban J connectivity index is 1.53. The molecule has 0 amide bonds. The highest BCUT2D eigenvalue weighted by atomic mass is 19.3. The molecular formula is C31H39F3N4O3. The lowest BCUT2D eigenvalue weighted by molar-refractivity contribution is -0.170. The standard InChI is InChI=1S/C31H39F3N4O3/c1-18(20-8-7-11-24(26(20)32)31(33,34)29(3,4)39)35-28-23-16-25(38-14-12-30(40,13-15-38)17-41-5)21-9-6-10-22(21)27(23)36-19(2)37-28/h7-8,11,16,18,39-40H,6,9-10,12-15,17H2,1-5H3,(H,35,36,37). The van der Waals surface area contributed by atoms with Crippen LogP contribution in [0.1, 0.15) is 74.2 Å². The maximum atomic E-state index is 15.5. The first-order chi connectivity index (χ1) is 19.3. The van der Waals surface area contributed by atoms with E-state index in [1.54, 1.807) is 21.0 Å². The quantitative estimate of drug-likeness (QED) is 0.325. The van der Waals surface area contributed by atoms with Crippen molar-refractivity contribution in [3.05, 3.63) is 58.2 Å². The molecule has 10 heteroatoms. The minimum absolute atomic E-state index is 0.0469. The number of nitrogens with one attached hydrogen (secondary N) is 1. The number of nitrogens with zero attached hydrogens (tertiary/aromatic N) is 3. The number of hydrogen-bond donors (Lipinski definition) is 3. The molecule has 2 aliphatic rings. The van der Waals surface area contributed by atoms with Crippen molar-refractivity contribution in [2.24, 2.45) is 0 Å². The molecule has 1 atom stereocenters. The van der Waals surface area contributed by atoms with Crippen molar-refractivity contribution in [3.8, 4) is 0 Å². The van der Waals surface area contributed by atoms with Crippen LogP contribution < -0.4 is 10.2 Å². The van der Waals surface area contributed by atoms with E-state index in [-0.39, 0.29) is 5.56 Å². The monoisotopic (exact) mass is 572 g/mol. The Labute approximate surface area is 238 Å². The number of anilines is 2. The smallest absolute Gasteiger partial charge is 0.303 e. The van der Waals surface area contributed by atoms with Gasteiger partial charge < -0.3 is 25.2 Å². The molecule has 1 fully saturated rings. The van der Waals surface area contributed by atoms with Crippen molar-refractivity contribution in [1.29, 1.82) is 0 Å². The normalized spacial score (nSPS) is 18.0. The molecule has 1 unspecified atom stereocenters. The van der Waals surface area contributed by atoms with E-state index in [1.165, 1.54) is 23.3 Å². The molecule has 0 saturated carbocycles. The van der Waals surface area contributed by atoms with Crippen LogP contribution in [0.2, 0.25) is 0 Å². The predicted octanol–water partition coefficient (Wildman–Crippen LogP) is 5.58. The first-order valence-electron chi connectivity index (χ1n) is 14.2. The molecule has 2 heterocycles. The van der Waals surface area contributed by atoms with Gasteiger partial charge in [-0.25, -0.2) is 14.4 Å². The summed E-state index contributed by atoms with van der Waals surface area (Å²) in [5, 5.41) is 24.9. The number of aliphatic hydroxyl groups is 2. The van der Waals surface area contributed by atoms with Crippen LogP contribution in [0.4, 0.5) is 24.7 Å². The van der Waals surface area contributed by atoms with E-state index in [9.17, 15) is 19.0 Å². The number of aryl methyl sites for hydroxylation is 2. The number of ether oxygens (including phenoxy) is 1. The molecular weight excluding hydrogens is 533 g/mol. The minimum atomic E-state index is -3.79. The number of piperidine rings is 1. The fraction of sp³-hybridized carbons (Fsp3) is 0.548. The second-order valence-corrected chi connectivity index (χ2v) is 12.1. The topological polar surface area (TPSA) is 90.7 Å². The van der Waals surface area contributed by atoms with Gasteiger partial charge in [0.25, 0.3) is 0 Å². The van der Waals surface area contributed by atoms with Crippen molar-refractivity contribution in [1.82, 2.24) is 9.97 Å². The van der Waals surface area contributed by atoms with Gasteiger partial charge in [-0.2, -0.15) is 8.78 Å². The summed E-state index contributed by atoms with van der Waals surface area (Å²) in [5.41, 5.74) is 0.296. The number of rotatable bonds is 8.